The molecule has 0 aromatic carbocycles. The minimum absolute atomic E-state index is 0.438. The van der Waals surface area contributed by atoms with E-state index in [1.54, 1.807) is 35.5 Å². The van der Waals surface area contributed by atoms with Crippen LogP contribution in [0.15, 0.2) is 37.1 Å². The molecule has 24 heavy (non-hydrogen) atoms. The fourth-order valence-electron chi connectivity index (χ4n) is 2.54. The van der Waals surface area contributed by atoms with Crippen LogP contribution in [0.4, 0.5) is 11.6 Å². The van der Waals surface area contributed by atoms with Crippen LogP contribution in [0.5, 0.6) is 0 Å². The highest BCUT2D eigenvalue weighted by Gasteiger charge is 2.53. The molecule has 0 unspecified atom stereocenters. The first-order valence-electron chi connectivity index (χ1n) is 7.44. The van der Waals surface area contributed by atoms with Crippen LogP contribution in [-0.2, 0) is 17.4 Å². The number of nitrogens with one attached hydrogen (secondary N) is 1. The summed E-state index contributed by atoms with van der Waals surface area (Å²) < 4.78 is 3.19. The Balaban J connectivity index is 1.60. The number of rotatable bonds is 5. The minimum Gasteiger partial charge on any atom is -0.479 e. The van der Waals surface area contributed by atoms with Crippen LogP contribution < -0.4 is 5.32 Å². The molecule has 3 heterocycles. The van der Waals surface area contributed by atoms with Gasteiger partial charge in [-0.15, -0.1) is 0 Å². The SMILES string of the molecule is Cn1cc(Nc2nccc(-c3cnn(C4(C(=O)O)CC4)c3)n2)cn1. The Morgan fingerprint density at radius 1 is 1.29 bits per heavy atom. The van der Waals surface area contributed by atoms with E-state index in [9.17, 15) is 9.90 Å². The molecule has 2 N–H and O–H groups in total. The molecule has 0 spiro atoms. The van der Waals surface area contributed by atoms with E-state index in [-0.39, 0.29) is 0 Å². The quantitative estimate of drug-likeness (QED) is 0.729. The third kappa shape index (κ3) is 2.39. The van der Waals surface area contributed by atoms with E-state index in [0.29, 0.717) is 24.5 Å². The van der Waals surface area contributed by atoms with E-state index in [4.69, 9.17) is 0 Å². The zero-order chi connectivity index (χ0) is 16.7. The van der Waals surface area contributed by atoms with Gasteiger partial charge >= 0.3 is 5.97 Å². The van der Waals surface area contributed by atoms with Gasteiger partial charge in [-0.3, -0.25) is 9.36 Å². The number of hydrogen-bond acceptors (Lipinski definition) is 6. The molecule has 9 heteroatoms. The molecule has 1 fully saturated rings. The van der Waals surface area contributed by atoms with Crippen molar-refractivity contribution >= 4 is 17.6 Å². The van der Waals surface area contributed by atoms with Gasteiger partial charge < -0.3 is 10.4 Å². The highest BCUT2D eigenvalue weighted by molar-refractivity contribution is 5.80. The molecule has 0 atom stereocenters. The van der Waals surface area contributed by atoms with E-state index < -0.39 is 11.5 Å². The average Bonchev–Trinajstić information content (AvgIpc) is 3.05. The second-order valence-electron chi connectivity index (χ2n) is 5.80. The fraction of sp³-hybridized carbons (Fsp3) is 0.267. The van der Waals surface area contributed by atoms with E-state index in [0.717, 1.165) is 11.3 Å². The van der Waals surface area contributed by atoms with Crippen LogP contribution >= 0.6 is 0 Å². The summed E-state index contributed by atoms with van der Waals surface area (Å²) in [7, 11) is 1.83. The molecular formula is C15H15N7O2. The molecule has 0 bridgehead atoms. The lowest BCUT2D eigenvalue weighted by Crippen LogP contribution is -2.27. The van der Waals surface area contributed by atoms with E-state index >= 15 is 0 Å². The summed E-state index contributed by atoms with van der Waals surface area (Å²) in [6, 6.07) is 1.76. The second-order valence-corrected chi connectivity index (χ2v) is 5.80. The van der Waals surface area contributed by atoms with E-state index in [1.807, 2.05) is 13.2 Å². The van der Waals surface area contributed by atoms with Gasteiger partial charge in [-0.25, -0.2) is 14.8 Å². The van der Waals surface area contributed by atoms with Gasteiger partial charge in [0.1, 0.15) is 0 Å². The van der Waals surface area contributed by atoms with Crippen molar-refractivity contribution in [1.82, 2.24) is 29.5 Å². The Labute approximate surface area is 137 Å². The van der Waals surface area contributed by atoms with Crippen molar-refractivity contribution in [2.45, 2.75) is 18.4 Å². The zero-order valence-electron chi connectivity index (χ0n) is 12.9. The van der Waals surface area contributed by atoms with Crippen molar-refractivity contribution < 1.29 is 9.90 Å². The predicted molar refractivity (Wildman–Crippen MR) is 84.6 cm³/mol. The molecule has 0 amide bonds. The minimum atomic E-state index is -0.887. The first-order chi connectivity index (χ1) is 11.6. The Morgan fingerprint density at radius 3 is 2.79 bits per heavy atom. The lowest BCUT2D eigenvalue weighted by Gasteiger charge is -2.09. The maximum absolute atomic E-state index is 11.4. The Bertz CT molecular complexity index is 910. The third-order valence-corrected chi connectivity index (χ3v) is 4.06. The number of aliphatic carboxylic acids is 1. The van der Waals surface area contributed by atoms with Crippen molar-refractivity contribution in [2.24, 2.45) is 7.05 Å². The molecule has 122 valence electrons. The molecule has 3 aromatic rings. The van der Waals surface area contributed by atoms with E-state index in [2.05, 4.69) is 25.5 Å². The predicted octanol–water partition coefficient (Wildman–Crippen LogP) is 1.39. The smallest absolute Gasteiger partial charge is 0.331 e. The molecular weight excluding hydrogens is 310 g/mol. The first kappa shape index (κ1) is 14.4. The molecule has 3 aromatic heterocycles. The summed E-state index contributed by atoms with van der Waals surface area (Å²) in [5.41, 5.74) is 1.32. The number of anilines is 2. The maximum atomic E-state index is 11.4. The largest absolute Gasteiger partial charge is 0.479 e. The van der Waals surface area contributed by atoms with Crippen LogP contribution in [0.1, 0.15) is 12.8 Å². The summed E-state index contributed by atoms with van der Waals surface area (Å²) in [5.74, 6) is -0.411. The van der Waals surface area contributed by atoms with E-state index in [1.165, 1.54) is 4.68 Å². The van der Waals surface area contributed by atoms with Crippen LogP contribution in [0.3, 0.4) is 0 Å². The lowest BCUT2D eigenvalue weighted by atomic mass is 10.2. The molecule has 1 saturated carbocycles. The number of nitrogens with zero attached hydrogens (tertiary/aromatic N) is 6. The van der Waals surface area contributed by atoms with Gasteiger partial charge in [0.15, 0.2) is 5.54 Å². The molecule has 0 saturated heterocycles. The number of aryl methyl sites for hydroxylation is 1. The average molecular weight is 325 g/mol. The van der Waals surface area contributed by atoms with Crippen LogP contribution in [0.2, 0.25) is 0 Å². The molecule has 1 aliphatic carbocycles. The number of aromatic nitrogens is 6. The third-order valence-electron chi connectivity index (χ3n) is 4.06. The molecule has 4 rings (SSSR count). The van der Waals surface area contributed by atoms with Crippen molar-refractivity contribution in [3.05, 3.63) is 37.1 Å². The first-order valence-corrected chi connectivity index (χ1v) is 7.44. The summed E-state index contributed by atoms with van der Waals surface area (Å²) in [4.78, 5) is 20.0. The van der Waals surface area contributed by atoms with Crippen LogP contribution in [0.25, 0.3) is 11.3 Å². The van der Waals surface area contributed by atoms with Crippen LogP contribution in [0, 0.1) is 0 Å². The van der Waals surface area contributed by atoms with Crippen molar-refractivity contribution in [2.75, 3.05) is 5.32 Å². The normalized spacial score (nSPS) is 15.2. The number of carbonyl (C=O) groups is 1. The summed E-state index contributed by atoms with van der Waals surface area (Å²) in [6.45, 7) is 0. The van der Waals surface area contributed by atoms with Crippen molar-refractivity contribution in [1.29, 1.82) is 0 Å². The number of carboxylic acid groups (broad SMARTS) is 1. The molecule has 9 nitrogen and oxygen atoms in total. The van der Waals surface area contributed by atoms with Crippen molar-refractivity contribution in [3.63, 3.8) is 0 Å². The van der Waals surface area contributed by atoms with Gasteiger partial charge in [0.2, 0.25) is 5.95 Å². The summed E-state index contributed by atoms with van der Waals surface area (Å²) in [6.07, 6.45) is 9.68. The summed E-state index contributed by atoms with van der Waals surface area (Å²) in [5, 5.41) is 20.7. The molecule has 1 aliphatic rings. The number of hydrogen-bond donors (Lipinski definition) is 2. The molecule has 0 aliphatic heterocycles. The van der Waals surface area contributed by atoms with Gasteiger partial charge in [0.05, 0.1) is 23.8 Å². The van der Waals surface area contributed by atoms with Crippen molar-refractivity contribution in [3.8, 4) is 11.3 Å². The zero-order valence-corrected chi connectivity index (χ0v) is 12.9. The summed E-state index contributed by atoms with van der Waals surface area (Å²) >= 11 is 0. The van der Waals surface area contributed by atoms with Crippen LogP contribution in [-0.4, -0.2) is 40.6 Å². The Morgan fingerprint density at radius 2 is 2.12 bits per heavy atom. The highest BCUT2D eigenvalue weighted by atomic mass is 16.4. The van der Waals surface area contributed by atoms with Gasteiger partial charge in [0, 0.05) is 31.2 Å². The maximum Gasteiger partial charge on any atom is 0.331 e. The monoisotopic (exact) mass is 325 g/mol. The van der Waals surface area contributed by atoms with Gasteiger partial charge in [0.25, 0.3) is 0 Å². The fourth-order valence-corrected chi connectivity index (χ4v) is 2.54. The molecule has 0 radical (unpaired) electrons. The second kappa shape index (κ2) is 5.15. The highest BCUT2D eigenvalue weighted by Crippen LogP contribution is 2.43. The van der Waals surface area contributed by atoms with Gasteiger partial charge in [-0.1, -0.05) is 0 Å². The van der Waals surface area contributed by atoms with Gasteiger partial charge in [-0.05, 0) is 18.9 Å². The standard InChI is InChI=1S/C15H15N7O2/c1-21-9-11(7-17-21)19-14-16-5-2-12(20-14)10-6-18-22(8-10)15(3-4-15)13(23)24/h2,5-9H,3-4H2,1H3,(H,23,24)(H,16,19,20). The lowest BCUT2D eigenvalue weighted by molar-refractivity contribution is -0.142. The number of carboxylic acids is 1. The Hall–Kier alpha value is -3.23. The Kier molecular flexibility index (Phi) is 3.08. The van der Waals surface area contributed by atoms with Gasteiger partial charge in [-0.2, -0.15) is 10.2 Å². The topological polar surface area (TPSA) is 111 Å².